The maximum absolute atomic E-state index is 5.30. The van der Waals surface area contributed by atoms with E-state index in [1.807, 2.05) is 36.4 Å². The second kappa shape index (κ2) is 8.44. The van der Waals surface area contributed by atoms with E-state index in [1.54, 1.807) is 0 Å². The van der Waals surface area contributed by atoms with E-state index < -0.39 is 0 Å². The SMILES string of the molecule is C#CCNC(=NCc1ccccc1)NCc1ccccc1. The van der Waals surface area contributed by atoms with Crippen molar-refractivity contribution >= 4 is 5.96 Å². The van der Waals surface area contributed by atoms with Crippen molar-refractivity contribution in [2.24, 2.45) is 4.99 Å². The molecule has 2 aromatic rings. The van der Waals surface area contributed by atoms with Gasteiger partial charge in [-0.1, -0.05) is 66.6 Å². The van der Waals surface area contributed by atoms with E-state index in [0.717, 1.165) is 5.96 Å². The fraction of sp³-hybridized carbons (Fsp3) is 0.167. The Kier molecular flexibility index (Phi) is 5.90. The van der Waals surface area contributed by atoms with Crippen LogP contribution in [0.1, 0.15) is 11.1 Å². The number of rotatable bonds is 5. The minimum Gasteiger partial charge on any atom is -0.352 e. The lowest BCUT2D eigenvalue weighted by atomic mass is 10.2. The molecule has 0 atom stereocenters. The Morgan fingerprint density at radius 2 is 1.52 bits per heavy atom. The molecule has 0 amide bonds. The summed E-state index contributed by atoms with van der Waals surface area (Å²) in [6.07, 6.45) is 5.30. The summed E-state index contributed by atoms with van der Waals surface area (Å²) in [5.41, 5.74) is 2.37. The second-order valence-electron chi connectivity index (χ2n) is 4.55. The first-order chi connectivity index (χ1) is 10.4. The second-order valence-corrected chi connectivity index (χ2v) is 4.55. The largest absolute Gasteiger partial charge is 0.352 e. The summed E-state index contributed by atoms with van der Waals surface area (Å²) in [5.74, 6) is 3.29. The first kappa shape index (κ1) is 14.7. The van der Waals surface area contributed by atoms with Gasteiger partial charge in [0, 0.05) is 6.54 Å². The van der Waals surface area contributed by atoms with Crippen LogP contribution >= 0.6 is 0 Å². The van der Waals surface area contributed by atoms with Gasteiger partial charge in [0.05, 0.1) is 13.1 Å². The molecule has 0 aromatic heterocycles. The van der Waals surface area contributed by atoms with Gasteiger partial charge in [-0.2, -0.15) is 0 Å². The maximum Gasteiger partial charge on any atom is 0.192 e. The fourth-order valence-electron chi connectivity index (χ4n) is 1.84. The van der Waals surface area contributed by atoms with Gasteiger partial charge < -0.3 is 10.6 Å². The number of guanidine groups is 1. The Bertz CT molecular complexity index is 597. The smallest absolute Gasteiger partial charge is 0.192 e. The molecule has 106 valence electrons. The Hall–Kier alpha value is -2.73. The number of terminal acetylenes is 1. The number of hydrogen-bond donors (Lipinski definition) is 2. The fourth-order valence-corrected chi connectivity index (χ4v) is 1.84. The summed E-state index contributed by atoms with van der Waals surface area (Å²) in [7, 11) is 0. The van der Waals surface area contributed by atoms with E-state index >= 15 is 0 Å². The van der Waals surface area contributed by atoms with Gasteiger partial charge in [0.25, 0.3) is 0 Å². The zero-order valence-corrected chi connectivity index (χ0v) is 11.9. The van der Waals surface area contributed by atoms with Crippen LogP contribution in [0.2, 0.25) is 0 Å². The van der Waals surface area contributed by atoms with Gasteiger partial charge in [-0.05, 0) is 11.1 Å². The summed E-state index contributed by atoms with van der Waals surface area (Å²) in [6, 6.07) is 20.3. The molecule has 21 heavy (non-hydrogen) atoms. The molecule has 0 unspecified atom stereocenters. The number of aliphatic imine (C=N–C) groups is 1. The summed E-state index contributed by atoms with van der Waals surface area (Å²) in [5, 5.41) is 6.40. The summed E-state index contributed by atoms with van der Waals surface area (Å²) in [6.45, 7) is 1.79. The number of hydrogen-bond acceptors (Lipinski definition) is 1. The first-order valence-electron chi connectivity index (χ1n) is 6.92. The van der Waals surface area contributed by atoms with Crippen LogP contribution in [0.4, 0.5) is 0 Å². The van der Waals surface area contributed by atoms with Crippen LogP contribution in [0.3, 0.4) is 0 Å². The zero-order chi connectivity index (χ0) is 14.8. The van der Waals surface area contributed by atoms with Crippen molar-refractivity contribution in [2.75, 3.05) is 6.54 Å². The molecule has 0 aliphatic rings. The highest BCUT2D eigenvalue weighted by molar-refractivity contribution is 5.80. The molecular formula is C18H19N3. The van der Waals surface area contributed by atoms with E-state index in [4.69, 9.17) is 6.42 Å². The number of nitrogens with zero attached hydrogens (tertiary/aromatic N) is 1. The van der Waals surface area contributed by atoms with E-state index in [2.05, 4.69) is 45.8 Å². The lowest BCUT2D eigenvalue weighted by Gasteiger charge is -2.11. The van der Waals surface area contributed by atoms with Crippen molar-refractivity contribution in [3.8, 4) is 12.3 Å². The van der Waals surface area contributed by atoms with Crippen molar-refractivity contribution < 1.29 is 0 Å². The minimum absolute atomic E-state index is 0.454. The molecule has 0 saturated heterocycles. The zero-order valence-electron chi connectivity index (χ0n) is 11.9. The highest BCUT2D eigenvalue weighted by Gasteiger charge is 1.98. The van der Waals surface area contributed by atoms with Gasteiger partial charge in [0.2, 0.25) is 0 Å². The predicted molar refractivity (Wildman–Crippen MR) is 87.7 cm³/mol. The average Bonchev–Trinajstić information content (AvgIpc) is 2.56. The predicted octanol–water partition coefficient (Wildman–Crippen LogP) is 2.56. The van der Waals surface area contributed by atoms with E-state index in [-0.39, 0.29) is 0 Å². The van der Waals surface area contributed by atoms with Crippen molar-refractivity contribution in [3.63, 3.8) is 0 Å². The van der Waals surface area contributed by atoms with Crippen molar-refractivity contribution in [2.45, 2.75) is 13.1 Å². The molecule has 0 radical (unpaired) electrons. The molecule has 0 aliphatic carbocycles. The molecule has 2 aromatic carbocycles. The highest BCUT2D eigenvalue weighted by atomic mass is 15.2. The van der Waals surface area contributed by atoms with Gasteiger partial charge in [-0.15, -0.1) is 6.42 Å². The van der Waals surface area contributed by atoms with E-state index in [9.17, 15) is 0 Å². The molecule has 0 bridgehead atoms. The van der Waals surface area contributed by atoms with Gasteiger partial charge >= 0.3 is 0 Å². The first-order valence-corrected chi connectivity index (χ1v) is 6.92. The van der Waals surface area contributed by atoms with Crippen molar-refractivity contribution in [1.82, 2.24) is 10.6 Å². The van der Waals surface area contributed by atoms with Crippen molar-refractivity contribution in [3.05, 3.63) is 71.8 Å². The quantitative estimate of drug-likeness (QED) is 0.500. The van der Waals surface area contributed by atoms with Crippen molar-refractivity contribution in [1.29, 1.82) is 0 Å². The lowest BCUT2D eigenvalue weighted by Crippen LogP contribution is -2.37. The average molecular weight is 277 g/mol. The molecule has 2 rings (SSSR count). The number of nitrogens with one attached hydrogen (secondary N) is 2. The Labute approximate surface area is 126 Å². The van der Waals surface area contributed by atoms with E-state index in [1.165, 1.54) is 11.1 Å². The molecule has 0 heterocycles. The van der Waals surface area contributed by atoms with Crippen LogP contribution in [-0.4, -0.2) is 12.5 Å². The van der Waals surface area contributed by atoms with Crippen LogP contribution in [-0.2, 0) is 13.1 Å². The summed E-state index contributed by atoms with van der Waals surface area (Å²) >= 11 is 0. The van der Waals surface area contributed by atoms with Gasteiger partial charge in [0.15, 0.2) is 5.96 Å². The Balaban J connectivity index is 1.95. The van der Waals surface area contributed by atoms with E-state index in [0.29, 0.717) is 19.6 Å². The van der Waals surface area contributed by atoms with Crippen LogP contribution in [0.25, 0.3) is 0 Å². The minimum atomic E-state index is 0.454. The summed E-state index contributed by atoms with van der Waals surface area (Å²) in [4.78, 5) is 4.55. The normalized spacial score (nSPS) is 10.7. The lowest BCUT2D eigenvalue weighted by molar-refractivity contribution is 0.836. The summed E-state index contributed by atoms with van der Waals surface area (Å²) < 4.78 is 0. The van der Waals surface area contributed by atoms with Gasteiger partial charge in [-0.3, -0.25) is 0 Å². The Morgan fingerprint density at radius 1 is 0.905 bits per heavy atom. The highest BCUT2D eigenvalue weighted by Crippen LogP contribution is 2.00. The van der Waals surface area contributed by atoms with Gasteiger partial charge in [-0.25, -0.2) is 4.99 Å². The van der Waals surface area contributed by atoms with Crippen LogP contribution in [0, 0.1) is 12.3 Å². The standard InChI is InChI=1S/C18H19N3/c1-2-13-19-18(20-14-16-9-5-3-6-10-16)21-15-17-11-7-4-8-12-17/h1,3-12H,13-15H2,(H2,19,20,21). The third-order valence-electron chi connectivity index (χ3n) is 2.92. The molecule has 0 fully saturated rings. The molecule has 3 nitrogen and oxygen atoms in total. The molecule has 0 aliphatic heterocycles. The topological polar surface area (TPSA) is 36.4 Å². The molecule has 0 spiro atoms. The van der Waals surface area contributed by atoms with Crippen LogP contribution in [0.5, 0.6) is 0 Å². The van der Waals surface area contributed by atoms with Crippen LogP contribution < -0.4 is 10.6 Å². The molecular weight excluding hydrogens is 258 g/mol. The number of benzene rings is 2. The van der Waals surface area contributed by atoms with Gasteiger partial charge in [0.1, 0.15) is 0 Å². The molecule has 0 saturated carbocycles. The third kappa shape index (κ3) is 5.42. The Morgan fingerprint density at radius 3 is 2.14 bits per heavy atom. The monoisotopic (exact) mass is 277 g/mol. The molecule has 3 heteroatoms. The maximum atomic E-state index is 5.30. The third-order valence-corrected chi connectivity index (χ3v) is 2.92. The van der Waals surface area contributed by atoms with Crippen LogP contribution in [0.15, 0.2) is 65.7 Å². The molecule has 2 N–H and O–H groups in total.